The van der Waals surface area contributed by atoms with Crippen LogP contribution in [0.4, 0.5) is 4.79 Å². The Hall–Kier alpha value is -0.553. The Bertz CT molecular complexity index is 396. The van der Waals surface area contributed by atoms with Crippen molar-refractivity contribution in [3.63, 3.8) is 0 Å². The van der Waals surface area contributed by atoms with Gasteiger partial charge in [-0.3, -0.25) is 0 Å². The van der Waals surface area contributed by atoms with E-state index >= 15 is 0 Å². The van der Waals surface area contributed by atoms with Crippen molar-refractivity contribution in [1.82, 2.24) is 4.90 Å². The normalized spacial score (nSPS) is 20.0. The van der Waals surface area contributed by atoms with Gasteiger partial charge in [-0.1, -0.05) is 20.8 Å². The Morgan fingerprint density at radius 1 is 1.17 bits per heavy atom. The Morgan fingerprint density at radius 2 is 1.78 bits per heavy atom. The fraction of sp³-hybridized carbons (Fsp3) is 0.944. The van der Waals surface area contributed by atoms with Crippen LogP contribution in [0.15, 0.2) is 0 Å². The van der Waals surface area contributed by atoms with E-state index in [1.807, 2.05) is 25.7 Å². The van der Waals surface area contributed by atoms with Crippen LogP contribution in [0.5, 0.6) is 0 Å². The van der Waals surface area contributed by atoms with E-state index < -0.39 is 13.9 Å². The lowest BCUT2D eigenvalue weighted by Gasteiger charge is -2.36. The molecule has 0 aliphatic carbocycles. The standard InChI is InChI=1S/C18H37NO3Si/c1-17(2,3)22-16(20)19-13-9-11-15(19)12-10-14-21-23(7,8)18(4,5)6/h15H,9-14H2,1-8H3/t15-/m0/s1. The van der Waals surface area contributed by atoms with Crippen LogP contribution >= 0.6 is 0 Å². The van der Waals surface area contributed by atoms with Gasteiger partial charge in [0.1, 0.15) is 5.60 Å². The summed E-state index contributed by atoms with van der Waals surface area (Å²) in [6.07, 6.45) is 4.02. The summed E-state index contributed by atoms with van der Waals surface area (Å²) in [5.74, 6) is 0. The summed E-state index contributed by atoms with van der Waals surface area (Å²) in [5.41, 5.74) is -0.421. The summed E-state index contributed by atoms with van der Waals surface area (Å²) < 4.78 is 11.8. The molecule has 1 atom stereocenters. The zero-order chi connectivity index (χ0) is 17.9. The van der Waals surface area contributed by atoms with E-state index in [1.165, 1.54) is 0 Å². The molecular formula is C18H37NO3Si. The smallest absolute Gasteiger partial charge is 0.410 e. The minimum absolute atomic E-state index is 0.162. The molecule has 1 saturated heterocycles. The summed E-state index contributed by atoms with van der Waals surface area (Å²) in [7, 11) is -1.66. The van der Waals surface area contributed by atoms with E-state index in [1.54, 1.807) is 0 Å². The Labute approximate surface area is 144 Å². The molecule has 23 heavy (non-hydrogen) atoms. The Balaban J connectivity index is 2.41. The van der Waals surface area contributed by atoms with Crippen molar-refractivity contribution < 1.29 is 14.0 Å². The molecule has 4 nitrogen and oxygen atoms in total. The largest absolute Gasteiger partial charge is 0.444 e. The van der Waals surface area contributed by atoms with Gasteiger partial charge in [0, 0.05) is 19.2 Å². The van der Waals surface area contributed by atoms with Crippen molar-refractivity contribution in [3.05, 3.63) is 0 Å². The maximum absolute atomic E-state index is 12.3. The highest BCUT2D eigenvalue weighted by Gasteiger charge is 2.37. The molecule has 1 aliphatic rings. The van der Waals surface area contributed by atoms with Crippen LogP contribution in [0.25, 0.3) is 0 Å². The van der Waals surface area contributed by atoms with E-state index in [-0.39, 0.29) is 11.1 Å². The lowest BCUT2D eigenvalue weighted by atomic mass is 10.1. The predicted molar refractivity (Wildman–Crippen MR) is 98.3 cm³/mol. The van der Waals surface area contributed by atoms with Gasteiger partial charge in [0.2, 0.25) is 0 Å². The highest BCUT2D eigenvalue weighted by atomic mass is 28.4. The molecule has 136 valence electrons. The highest BCUT2D eigenvalue weighted by Crippen LogP contribution is 2.36. The zero-order valence-electron chi connectivity index (χ0n) is 16.5. The maximum atomic E-state index is 12.3. The Morgan fingerprint density at radius 3 is 2.30 bits per heavy atom. The molecule has 0 aromatic rings. The van der Waals surface area contributed by atoms with Crippen molar-refractivity contribution in [3.8, 4) is 0 Å². The first-order chi connectivity index (χ1) is 10.3. The zero-order valence-corrected chi connectivity index (χ0v) is 17.5. The second-order valence-electron chi connectivity index (χ2n) is 9.22. The third-order valence-electron chi connectivity index (χ3n) is 4.96. The van der Waals surface area contributed by atoms with Crippen LogP contribution in [-0.4, -0.2) is 44.1 Å². The number of likely N-dealkylation sites (tertiary alicyclic amines) is 1. The van der Waals surface area contributed by atoms with Gasteiger partial charge >= 0.3 is 6.09 Å². The lowest BCUT2D eigenvalue weighted by molar-refractivity contribution is 0.0216. The molecule has 1 aliphatic heterocycles. The molecule has 1 heterocycles. The number of amides is 1. The second kappa shape index (κ2) is 7.56. The van der Waals surface area contributed by atoms with Crippen LogP contribution in [0, 0.1) is 0 Å². The average Bonchev–Trinajstić information content (AvgIpc) is 2.79. The predicted octanol–water partition coefficient (Wildman–Crippen LogP) is 5.19. The van der Waals surface area contributed by atoms with Gasteiger partial charge < -0.3 is 14.1 Å². The number of hydrogen-bond acceptors (Lipinski definition) is 3. The number of hydrogen-bond donors (Lipinski definition) is 0. The molecule has 0 aromatic heterocycles. The van der Waals surface area contributed by atoms with E-state index in [4.69, 9.17) is 9.16 Å². The van der Waals surface area contributed by atoms with Gasteiger partial charge in [-0.15, -0.1) is 0 Å². The van der Waals surface area contributed by atoms with Gasteiger partial charge in [0.05, 0.1) is 0 Å². The van der Waals surface area contributed by atoms with Crippen LogP contribution in [0.2, 0.25) is 18.1 Å². The molecule has 0 radical (unpaired) electrons. The molecule has 1 fully saturated rings. The third kappa shape index (κ3) is 6.46. The first-order valence-electron chi connectivity index (χ1n) is 8.97. The van der Waals surface area contributed by atoms with Crippen molar-refractivity contribution in [2.24, 2.45) is 0 Å². The summed E-state index contributed by atoms with van der Waals surface area (Å²) in [4.78, 5) is 14.2. The highest BCUT2D eigenvalue weighted by molar-refractivity contribution is 6.74. The summed E-state index contributed by atoms with van der Waals surface area (Å²) >= 11 is 0. The van der Waals surface area contributed by atoms with E-state index in [9.17, 15) is 4.79 Å². The van der Waals surface area contributed by atoms with E-state index in [0.717, 1.165) is 38.8 Å². The Kier molecular flexibility index (Phi) is 6.73. The molecule has 5 heteroatoms. The quantitative estimate of drug-likeness (QED) is 0.509. The van der Waals surface area contributed by atoms with Crippen molar-refractivity contribution in [2.75, 3.05) is 13.2 Å². The molecule has 0 spiro atoms. The monoisotopic (exact) mass is 343 g/mol. The molecule has 0 unspecified atom stereocenters. The van der Waals surface area contributed by atoms with Crippen LogP contribution < -0.4 is 0 Å². The number of rotatable bonds is 5. The van der Waals surface area contributed by atoms with Gasteiger partial charge in [-0.25, -0.2) is 4.79 Å². The van der Waals surface area contributed by atoms with Crippen molar-refractivity contribution in [2.45, 2.75) is 97.0 Å². The molecule has 1 amide bonds. The number of carbonyl (C=O) groups is 1. The molecule has 0 saturated carbocycles. The lowest BCUT2D eigenvalue weighted by Crippen LogP contribution is -2.41. The fourth-order valence-electron chi connectivity index (χ4n) is 2.56. The summed E-state index contributed by atoms with van der Waals surface area (Å²) in [6.45, 7) is 18.7. The fourth-order valence-corrected chi connectivity index (χ4v) is 3.65. The van der Waals surface area contributed by atoms with Crippen LogP contribution in [0.3, 0.4) is 0 Å². The summed E-state index contributed by atoms with van der Waals surface area (Å²) in [6, 6.07) is 0.313. The number of carbonyl (C=O) groups excluding carboxylic acids is 1. The SMILES string of the molecule is CC(C)(C)OC(=O)N1CCC[C@H]1CCCO[Si](C)(C)C(C)(C)C. The topological polar surface area (TPSA) is 38.8 Å². The number of nitrogens with zero attached hydrogens (tertiary/aromatic N) is 1. The first kappa shape index (κ1) is 20.5. The van der Waals surface area contributed by atoms with Crippen molar-refractivity contribution >= 4 is 14.4 Å². The molecule has 1 rings (SSSR count). The van der Waals surface area contributed by atoms with Gasteiger partial charge in [-0.05, 0) is 64.6 Å². The van der Waals surface area contributed by atoms with Crippen LogP contribution in [-0.2, 0) is 9.16 Å². The van der Waals surface area contributed by atoms with Gasteiger partial charge in [0.25, 0.3) is 0 Å². The molecule has 0 N–H and O–H groups in total. The minimum Gasteiger partial charge on any atom is -0.444 e. The second-order valence-corrected chi connectivity index (χ2v) is 14.0. The molecule has 0 aromatic carbocycles. The van der Waals surface area contributed by atoms with E-state index in [0.29, 0.717) is 6.04 Å². The summed E-state index contributed by atoms with van der Waals surface area (Å²) in [5, 5.41) is 0.253. The van der Waals surface area contributed by atoms with Gasteiger partial charge in [-0.2, -0.15) is 0 Å². The average molecular weight is 344 g/mol. The van der Waals surface area contributed by atoms with Crippen molar-refractivity contribution in [1.29, 1.82) is 0 Å². The van der Waals surface area contributed by atoms with Crippen LogP contribution in [0.1, 0.15) is 67.2 Å². The van der Waals surface area contributed by atoms with E-state index in [2.05, 4.69) is 33.9 Å². The van der Waals surface area contributed by atoms with Gasteiger partial charge in [0.15, 0.2) is 8.32 Å². The first-order valence-corrected chi connectivity index (χ1v) is 11.9. The molecular weight excluding hydrogens is 306 g/mol. The minimum atomic E-state index is -1.66. The maximum Gasteiger partial charge on any atom is 0.410 e. The third-order valence-corrected chi connectivity index (χ3v) is 9.49. The number of ether oxygens (including phenoxy) is 1. The molecule has 0 bridgehead atoms.